The molecule has 1 N–H and O–H groups in total. The fourth-order valence-electron chi connectivity index (χ4n) is 1.56. The van der Waals surface area contributed by atoms with Gasteiger partial charge in [-0.3, -0.25) is 4.79 Å². The van der Waals surface area contributed by atoms with Crippen LogP contribution in [-0.2, 0) is 0 Å². The second kappa shape index (κ2) is 5.27. The number of H-pyrrole nitrogens is 1. The van der Waals surface area contributed by atoms with Crippen molar-refractivity contribution >= 4 is 34.2 Å². The number of methoxy groups -OCH3 is 1. The lowest BCUT2D eigenvalue weighted by atomic mass is 10.2. The Morgan fingerprint density at radius 3 is 2.78 bits per heavy atom. The fraction of sp³-hybridized carbons (Fsp3) is 0.167. The Bertz CT molecular complexity index is 655. The van der Waals surface area contributed by atoms with Crippen LogP contribution < -0.4 is 10.3 Å². The van der Waals surface area contributed by atoms with Crippen LogP contribution in [-0.4, -0.2) is 17.1 Å². The molecule has 0 saturated heterocycles. The number of rotatable bonds is 2. The largest absolute Gasteiger partial charge is 0.496 e. The van der Waals surface area contributed by atoms with Crippen molar-refractivity contribution in [2.75, 3.05) is 7.11 Å². The summed E-state index contributed by atoms with van der Waals surface area (Å²) in [6, 6.07) is 5.18. The minimum atomic E-state index is -0.157. The quantitative estimate of drug-likeness (QED) is 0.820. The van der Waals surface area contributed by atoms with E-state index < -0.39 is 0 Å². The molecule has 1 aromatic heterocycles. The molecule has 18 heavy (non-hydrogen) atoms. The van der Waals surface area contributed by atoms with Crippen molar-refractivity contribution in [3.63, 3.8) is 0 Å². The number of benzene rings is 1. The van der Waals surface area contributed by atoms with Crippen molar-refractivity contribution in [2.24, 2.45) is 0 Å². The molecule has 0 aliphatic rings. The van der Waals surface area contributed by atoms with Crippen LogP contribution in [0.2, 0.25) is 5.02 Å². The predicted octanol–water partition coefficient (Wildman–Crippen LogP) is 3.01. The normalized spacial score (nSPS) is 10.4. The van der Waals surface area contributed by atoms with Gasteiger partial charge in [-0.15, -0.1) is 0 Å². The number of aromatic nitrogens is 2. The number of aryl methyl sites for hydroxylation is 1. The Balaban J connectivity index is 2.66. The molecule has 2 aromatic rings. The van der Waals surface area contributed by atoms with Gasteiger partial charge in [-0.25, -0.2) is 4.98 Å². The molecule has 4 nitrogen and oxygen atoms in total. The standard InChI is InChI=1S/C12H10ClIN2O2/c1-6-10(14)12(17)16-11(15-6)8-4-3-7(13)5-9(8)18-2/h3-5H,1-2H3,(H,15,16,17). The van der Waals surface area contributed by atoms with Crippen LogP contribution >= 0.6 is 34.2 Å². The Kier molecular flexibility index (Phi) is 3.91. The molecule has 0 unspecified atom stereocenters. The second-order valence-electron chi connectivity index (χ2n) is 3.66. The molecule has 0 atom stereocenters. The number of ether oxygens (including phenoxy) is 1. The first-order valence-electron chi connectivity index (χ1n) is 5.13. The van der Waals surface area contributed by atoms with E-state index >= 15 is 0 Å². The summed E-state index contributed by atoms with van der Waals surface area (Å²) in [5.41, 5.74) is 1.24. The minimum absolute atomic E-state index is 0.157. The van der Waals surface area contributed by atoms with Crippen LogP contribution in [0.25, 0.3) is 11.4 Å². The minimum Gasteiger partial charge on any atom is -0.496 e. The zero-order chi connectivity index (χ0) is 13.3. The highest BCUT2D eigenvalue weighted by Crippen LogP contribution is 2.29. The first-order chi connectivity index (χ1) is 8.52. The van der Waals surface area contributed by atoms with Gasteiger partial charge < -0.3 is 9.72 Å². The highest BCUT2D eigenvalue weighted by molar-refractivity contribution is 14.1. The maximum Gasteiger partial charge on any atom is 0.264 e. The molecular weight excluding hydrogens is 367 g/mol. The smallest absolute Gasteiger partial charge is 0.264 e. The van der Waals surface area contributed by atoms with Crippen LogP contribution in [0.5, 0.6) is 5.75 Å². The summed E-state index contributed by atoms with van der Waals surface area (Å²) in [4.78, 5) is 18.8. The van der Waals surface area contributed by atoms with E-state index in [4.69, 9.17) is 16.3 Å². The molecule has 0 bridgehead atoms. The van der Waals surface area contributed by atoms with Crippen molar-refractivity contribution in [1.29, 1.82) is 0 Å². The predicted molar refractivity (Wildman–Crippen MR) is 79.3 cm³/mol. The third-order valence-electron chi connectivity index (χ3n) is 2.45. The van der Waals surface area contributed by atoms with Crippen LogP contribution in [0, 0.1) is 10.5 Å². The molecule has 0 spiro atoms. The molecule has 2 rings (SSSR count). The lowest BCUT2D eigenvalue weighted by Crippen LogP contribution is -2.14. The number of aromatic amines is 1. The van der Waals surface area contributed by atoms with Gasteiger partial charge >= 0.3 is 0 Å². The zero-order valence-electron chi connectivity index (χ0n) is 9.75. The van der Waals surface area contributed by atoms with Crippen molar-refractivity contribution in [1.82, 2.24) is 9.97 Å². The van der Waals surface area contributed by atoms with E-state index in [1.54, 1.807) is 32.2 Å². The second-order valence-corrected chi connectivity index (χ2v) is 5.17. The maximum atomic E-state index is 11.7. The van der Waals surface area contributed by atoms with E-state index in [-0.39, 0.29) is 5.56 Å². The van der Waals surface area contributed by atoms with Crippen molar-refractivity contribution in [3.05, 3.63) is 42.8 Å². The van der Waals surface area contributed by atoms with Crippen LogP contribution in [0.4, 0.5) is 0 Å². The molecule has 1 heterocycles. The average Bonchev–Trinajstić information content (AvgIpc) is 2.35. The van der Waals surface area contributed by atoms with Crippen LogP contribution in [0.3, 0.4) is 0 Å². The lowest BCUT2D eigenvalue weighted by molar-refractivity contribution is 0.416. The number of nitrogens with one attached hydrogen (secondary N) is 1. The van der Waals surface area contributed by atoms with E-state index in [1.807, 2.05) is 22.6 Å². The van der Waals surface area contributed by atoms with Crippen LogP contribution in [0.15, 0.2) is 23.0 Å². The van der Waals surface area contributed by atoms with E-state index in [1.165, 1.54) is 0 Å². The van der Waals surface area contributed by atoms with Gasteiger partial charge in [0.1, 0.15) is 11.6 Å². The Hall–Kier alpha value is -1.08. The summed E-state index contributed by atoms with van der Waals surface area (Å²) in [5, 5.41) is 0.570. The first kappa shape index (κ1) is 13.4. The fourth-order valence-corrected chi connectivity index (χ4v) is 1.98. The van der Waals surface area contributed by atoms with E-state index in [9.17, 15) is 4.79 Å². The average molecular weight is 377 g/mol. The summed E-state index contributed by atoms with van der Waals surface area (Å²) in [7, 11) is 1.55. The van der Waals surface area contributed by atoms with Gasteiger partial charge in [0.05, 0.1) is 21.9 Å². The third-order valence-corrected chi connectivity index (χ3v) is 3.95. The SMILES string of the molecule is COc1cc(Cl)ccc1-c1nc(C)c(I)c(=O)[nH]1. The van der Waals surface area contributed by atoms with Crippen molar-refractivity contribution in [3.8, 4) is 17.1 Å². The molecule has 94 valence electrons. The van der Waals surface area contributed by atoms with Gasteiger partial charge in [-0.1, -0.05) is 11.6 Å². The summed E-state index contributed by atoms with van der Waals surface area (Å²) in [6.45, 7) is 1.79. The molecule has 1 aromatic carbocycles. The Morgan fingerprint density at radius 1 is 1.44 bits per heavy atom. The maximum absolute atomic E-state index is 11.7. The van der Waals surface area contributed by atoms with E-state index in [2.05, 4.69) is 9.97 Å². The van der Waals surface area contributed by atoms with Gasteiger partial charge in [0.2, 0.25) is 0 Å². The van der Waals surface area contributed by atoms with Crippen molar-refractivity contribution in [2.45, 2.75) is 6.92 Å². The highest BCUT2D eigenvalue weighted by atomic mass is 127. The number of hydrogen-bond acceptors (Lipinski definition) is 3. The van der Waals surface area contributed by atoms with Gasteiger partial charge in [-0.05, 0) is 47.7 Å². The summed E-state index contributed by atoms with van der Waals surface area (Å²) in [6.07, 6.45) is 0. The van der Waals surface area contributed by atoms with E-state index in [0.29, 0.717) is 31.4 Å². The molecule has 0 fully saturated rings. The summed E-state index contributed by atoms with van der Waals surface area (Å²) in [5.74, 6) is 1.05. The number of nitrogens with zero attached hydrogens (tertiary/aromatic N) is 1. The molecule has 0 aliphatic heterocycles. The highest BCUT2D eigenvalue weighted by Gasteiger charge is 2.11. The van der Waals surface area contributed by atoms with Gasteiger partial charge in [-0.2, -0.15) is 0 Å². The zero-order valence-corrected chi connectivity index (χ0v) is 12.7. The lowest BCUT2D eigenvalue weighted by Gasteiger charge is -2.09. The molecule has 0 aliphatic carbocycles. The molecule has 0 radical (unpaired) electrons. The molecule has 6 heteroatoms. The summed E-state index contributed by atoms with van der Waals surface area (Å²) >= 11 is 7.87. The van der Waals surface area contributed by atoms with Gasteiger partial charge in [0.25, 0.3) is 5.56 Å². The number of hydrogen-bond donors (Lipinski definition) is 1. The molecule has 0 saturated carbocycles. The monoisotopic (exact) mass is 376 g/mol. The summed E-state index contributed by atoms with van der Waals surface area (Å²) < 4.78 is 5.83. The molecule has 0 amide bonds. The van der Waals surface area contributed by atoms with E-state index in [0.717, 1.165) is 0 Å². The molecular formula is C12H10ClIN2O2. The third kappa shape index (κ3) is 2.51. The van der Waals surface area contributed by atoms with Crippen LogP contribution in [0.1, 0.15) is 5.69 Å². The van der Waals surface area contributed by atoms with Crippen molar-refractivity contribution < 1.29 is 4.74 Å². The number of halogens is 2. The first-order valence-corrected chi connectivity index (χ1v) is 6.59. The topological polar surface area (TPSA) is 55.0 Å². The Labute approximate surface area is 122 Å². The van der Waals surface area contributed by atoms with Gasteiger partial charge in [0, 0.05) is 5.02 Å². The van der Waals surface area contributed by atoms with Gasteiger partial charge in [0.15, 0.2) is 0 Å². The Morgan fingerprint density at radius 2 is 2.17 bits per heavy atom.